The van der Waals surface area contributed by atoms with Crippen molar-refractivity contribution < 1.29 is 10.2 Å². The summed E-state index contributed by atoms with van der Waals surface area (Å²) < 4.78 is 0. The average molecular weight is 215 g/mol. The zero-order chi connectivity index (χ0) is 11.5. The van der Waals surface area contributed by atoms with Gasteiger partial charge in [-0.3, -0.25) is 4.98 Å². The number of benzene rings is 1. The number of hydrogen-bond donors (Lipinski definition) is 2. The average Bonchev–Trinajstić information content (AvgIpc) is 2.24. The molecular formula is C13H13NO2. The molecule has 0 spiro atoms. The van der Waals surface area contributed by atoms with E-state index in [-0.39, 0.29) is 5.75 Å². The number of aryl methyl sites for hydroxylation is 1. The molecule has 0 bridgehead atoms. The molecule has 0 radical (unpaired) electrons. The number of aromatic nitrogens is 1. The van der Waals surface area contributed by atoms with Crippen LogP contribution < -0.4 is 0 Å². The number of phenolic OH excluding ortho intramolecular Hbond substituents is 1. The minimum absolute atomic E-state index is 0.161. The van der Waals surface area contributed by atoms with Crippen molar-refractivity contribution in [3.63, 3.8) is 0 Å². The van der Waals surface area contributed by atoms with Crippen molar-refractivity contribution in [2.75, 3.05) is 0 Å². The Kier molecular flexibility index (Phi) is 2.77. The van der Waals surface area contributed by atoms with Crippen LogP contribution in [0.5, 0.6) is 11.5 Å². The van der Waals surface area contributed by atoms with Crippen LogP contribution >= 0.6 is 0 Å². The van der Waals surface area contributed by atoms with Crippen molar-refractivity contribution >= 4 is 0 Å². The van der Waals surface area contributed by atoms with E-state index in [1.165, 1.54) is 6.20 Å². The summed E-state index contributed by atoms with van der Waals surface area (Å²) in [6, 6.07) is 7.24. The summed E-state index contributed by atoms with van der Waals surface area (Å²) in [5.41, 5.74) is 2.77. The van der Waals surface area contributed by atoms with Crippen LogP contribution in [0.4, 0.5) is 0 Å². The zero-order valence-corrected chi connectivity index (χ0v) is 9.01. The lowest BCUT2D eigenvalue weighted by Crippen LogP contribution is -1.89. The first-order valence-corrected chi connectivity index (χ1v) is 5.06. The maximum Gasteiger partial charge on any atom is 0.134 e. The molecule has 3 heteroatoms. The van der Waals surface area contributed by atoms with E-state index in [9.17, 15) is 10.2 Å². The summed E-state index contributed by atoms with van der Waals surface area (Å²) in [6.45, 7) is 1.86. The first-order valence-electron chi connectivity index (χ1n) is 5.06. The Balaban J connectivity index is 2.24. The van der Waals surface area contributed by atoms with Crippen molar-refractivity contribution in [3.8, 4) is 11.5 Å². The molecule has 0 unspecified atom stereocenters. The summed E-state index contributed by atoms with van der Waals surface area (Å²) in [6.07, 6.45) is 3.75. The molecule has 0 amide bonds. The van der Waals surface area contributed by atoms with Crippen molar-refractivity contribution in [1.29, 1.82) is 0 Å². The smallest absolute Gasteiger partial charge is 0.134 e. The Morgan fingerprint density at radius 2 is 1.88 bits per heavy atom. The van der Waals surface area contributed by atoms with Gasteiger partial charge < -0.3 is 10.2 Å². The molecule has 2 rings (SSSR count). The summed E-state index contributed by atoms with van der Waals surface area (Å²) in [7, 11) is 0. The maximum absolute atomic E-state index is 9.57. The molecule has 3 nitrogen and oxygen atoms in total. The Morgan fingerprint density at radius 1 is 1.06 bits per heavy atom. The molecule has 1 heterocycles. The monoisotopic (exact) mass is 215 g/mol. The van der Waals surface area contributed by atoms with Gasteiger partial charge in [-0.25, -0.2) is 0 Å². The molecule has 0 aliphatic carbocycles. The van der Waals surface area contributed by atoms with E-state index in [0.29, 0.717) is 12.2 Å². The number of aromatic hydroxyl groups is 2. The highest BCUT2D eigenvalue weighted by Crippen LogP contribution is 2.20. The minimum atomic E-state index is 0.161. The summed E-state index contributed by atoms with van der Waals surface area (Å²) in [5.74, 6) is 0.458. The summed E-state index contributed by atoms with van der Waals surface area (Å²) in [5, 5.41) is 18.8. The molecule has 0 atom stereocenters. The molecule has 0 saturated heterocycles. The van der Waals surface area contributed by atoms with Crippen LogP contribution in [0.3, 0.4) is 0 Å². The Labute approximate surface area is 94.0 Å². The fourth-order valence-electron chi connectivity index (χ4n) is 1.57. The fraction of sp³-hybridized carbons (Fsp3) is 0.154. The van der Waals surface area contributed by atoms with Gasteiger partial charge >= 0.3 is 0 Å². The highest BCUT2D eigenvalue weighted by Gasteiger charge is 2.01. The Morgan fingerprint density at radius 3 is 2.56 bits per heavy atom. The first kappa shape index (κ1) is 10.5. The molecule has 0 aliphatic rings. The zero-order valence-electron chi connectivity index (χ0n) is 9.01. The second-order valence-corrected chi connectivity index (χ2v) is 3.85. The third-order valence-corrected chi connectivity index (χ3v) is 2.46. The molecule has 82 valence electrons. The van der Waals surface area contributed by atoms with Crippen molar-refractivity contribution in [2.45, 2.75) is 13.3 Å². The van der Waals surface area contributed by atoms with E-state index in [4.69, 9.17) is 0 Å². The predicted octanol–water partition coefficient (Wildman–Crippen LogP) is 2.39. The fourth-order valence-corrected chi connectivity index (χ4v) is 1.57. The van der Waals surface area contributed by atoms with Gasteiger partial charge in [-0.05, 0) is 42.2 Å². The van der Waals surface area contributed by atoms with Gasteiger partial charge in [-0.15, -0.1) is 0 Å². The van der Waals surface area contributed by atoms with E-state index in [1.807, 2.05) is 19.1 Å². The molecular weight excluding hydrogens is 202 g/mol. The Bertz CT molecular complexity index is 509. The molecule has 0 saturated carbocycles. The second-order valence-electron chi connectivity index (χ2n) is 3.85. The van der Waals surface area contributed by atoms with Crippen LogP contribution in [0.25, 0.3) is 0 Å². The Hall–Kier alpha value is -2.03. The first-order chi connectivity index (χ1) is 7.65. The maximum atomic E-state index is 9.57. The van der Waals surface area contributed by atoms with Gasteiger partial charge in [-0.1, -0.05) is 12.1 Å². The topological polar surface area (TPSA) is 53.4 Å². The predicted molar refractivity (Wildman–Crippen MR) is 61.6 cm³/mol. The van der Waals surface area contributed by atoms with Crippen molar-refractivity contribution in [2.24, 2.45) is 0 Å². The summed E-state index contributed by atoms with van der Waals surface area (Å²) >= 11 is 0. The van der Waals surface area contributed by atoms with E-state index in [2.05, 4.69) is 4.98 Å². The third kappa shape index (κ3) is 2.31. The number of pyridine rings is 1. The quantitative estimate of drug-likeness (QED) is 0.808. The van der Waals surface area contributed by atoms with Crippen LogP contribution in [-0.4, -0.2) is 15.2 Å². The normalized spacial score (nSPS) is 10.3. The number of rotatable bonds is 2. The van der Waals surface area contributed by atoms with Gasteiger partial charge in [0.15, 0.2) is 0 Å². The number of nitrogens with zero attached hydrogens (tertiary/aromatic N) is 1. The highest BCUT2D eigenvalue weighted by atomic mass is 16.3. The molecule has 0 fully saturated rings. The number of hydrogen-bond acceptors (Lipinski definition) is 3. The van der Waals surface area contributed by atoms with Crippen molar-refractivity contribution in [3.05, 3.63) is 53.3 Å². The summed E-state index contributed by atoms with van der Waals surface area (Å²) in [4.78, 5) is 3.91. The largest absolute Gasteiger partial charge is 0.508 e. The lowest BCUT2D eigenvalue weighted by atomic mass is 10.0. The van der Waals surface area contributed by atoms with Crippen molar-refractivity contribution in [1.82, 2.24) is 4.98 Å². The van der Waals surface area contributed by atoms with E-state index < -0.39 is 0 Å². The third-order valence-electron chi connectivity index (χ3n) is 2.46. The van der Waals surface area contributed by atoms with Crippen LogP contribution in [0.15, 0.2) is 36.7 Å². The SMILES string of the molecule is Cc1ccc(Cc2cncc(O)c2)cc1O. The van der Waals surface area contributed by atoms with Crippen LogP contribution in [0, 0.1) is 6.92 Å². The van der Waals surface area contributed by atoms with Gasteiger partial charge in [0.25, 0.3) is 0 Å². The van der Waals surface area contributed by atoms with Gasteiger partial charge in [0.1, 0.15) is 11.5 Å². The van der Waals surface area contributed by atoms with Gasteiger partial charge in [0, 0.05) is 6.20 Å². The molecule has 2 N–H and O–H groups in total. The van der Waals surface area contributed by atoms with Crippen LogP contribution in [-0.2, 0) is 6.42 Å². The van der Waals surface area contributed by atoms with Gasteiger partial charge in [0.2, 0.25) is 0 Å². The minimum Gasteiger partial charge on any atom is -0.508 e. The molecule has 1 aromatic heterocycles. The molecule has 0 aliphatic heterocycles. The van der Waals surface area contributed by atoms with Gasteiger partial charge in [-0.2, -0.15) is 0 Å². The molecule has 16 heavy (non-hydrogen) atoms. The van der Waals surface area contributed by atoms with E-state index >= 15 is 0 Å². The standard InChI is InChI=1S/C13H13NO2/c1-9-2-3-10(6-13(9)16)4-11-5-12(15)8-14-7-11/h2-3,5-8,15-16H,4H2,1H3. The molecule has 2 aromatic rings. The molecule has 1 aromatic carbocycles. The van der Waals surface area contributed by atoms with Crippen LogP contribution in [0.1, 0.15) is 16.7 Å². The second kappa shape index (κ2) is 4.23. The number of phenols is 1. The van der Waals surface area contributed by atoms with E-state index in [0.717, 1.165) is 16.7 Å². The lowest BCUT2D eigenvalue weighted by molar-refractivity contribution is 0.470. The van der Waals surface area contributed by atoms with Crippen LogP contribution in [0.2, 0.25) is 0 Å². The lowest BCUT2D eigenvalue weighted by Gasteiger charge is -2.04. The van der Waals surface area contributed by atoms with E-state index in [1.54, 1.807) is 18.3 Å². The highest BCUT2D eigenvalue weighted by molar-refractivity contribution is 5.37. The van der Waals surface area contributed by atoms with Gasteiger partial charge in [0.05, 0.1) is 6.20 Å².